The molecule has 0 aliphatic carbocycles. The molecule has 1 aromatic carbocycles. The maximum absolute atomic E-state index is 12.3. The number of rotatable bonds is 5. The molecule has 3 aromatic rings. The third kappa shape index (κ3) is 3.96. The minimum absolute atomic E-state index is 0.228. The molecular formula is C20H18N2O6S. The van der Waals surface area contributed by atoms with Gasteiger partial charge in [-0.2, -0.15) is 0 Å². The van der Waals surface area contributed by atoms with Crippen LogP contribution >= 0.6 is 11.3 Å². The SMILES string of the molecule is O=C(NC[C@@](O)(c1ccco1)c1cccs1)C(=O)Nc1ccc2c(c1)OCCO2. The molecule has 0 bridgehead atoms. The van der Waals surface area contributed by atoms with E-state index in [9.17, 15) is 14.7 Å². The van der Waals surface area contributed by atoms with Gasteiger partial charge in [0.05, 0.1) is 12.8 Å². The lowest BCUT2D eigenvalue weighted by atomic mass is 9.98. The fraction of sp³-hybridized carbons (Fsp3) is 0.200. The van der Waals surface area contributed by atoms with Crippen molar-refractivity contribution in [1.29, 1.82) is 0 Å². The second-order valence-corrected chi connectivity index (χ2v) is 7.26. The van der Waals surface area contributed by atoms with Gasteiger partial charge in [0.2, 0.25) is 0 Å². The number of amides is 2. The summed E-state index contributed by atoms with van der Waals surface area (Å²) in [7, 11) is 0. The van der Waals surface area contributed by atoms with E-state index in [-0.39, 0.29) is 12.3 Å². The molecule has 4 rings (SSSR count). The summed E-state index contributed by atoms with van der Waals surface area (Å²) in [6.07, 6.45) is 1.43. The van der Waals surface area contributed by atoms with E-state index in [1.54, 1.807) is 47.8 Å². The summed E-state index contributed by atoms with van der Waals surface area (Å²) in [6.45, 7) is 0.650. The van der Waals surface area contributed by atoms with Gasteiger partial charge in [-0.05, 0) is 35.7 Å². The fourth-order valence-electron chi connectivity index (χ4n) is 2.92. The number of fused-ring (bicyclic) bond motifs is 1. The van der Waals surface area contributed by atoms with E-state index in [0.29, 0.717) is 35.3 Å². The van der Waals surface area contributed by atoms with Crippen LogP contribution in [0.15, 0.2) is 58.5 Å². The number of aliphatic hydroxyl groups is 1. The standard InChI is InChI=1S/C20H18N2O6S/c23-18(19(24)22-13-5-6-14-15(11-13)27-9-8-26-14)21-12-20(25,16-3-1-7-28-16)17-4-2-10-29-17/h1-7,10-11,25H,8-9,12H2,(H,21,23)(H,22,24)/t20-/m1/s1. The van der Waals surface area contributed by atoms with Gasteiger partial charge in [0.15, 0.2) is 17.1 Å². The van der Waals surface area contributed by atoms with Gasteiger partial charge in [0.25, 0.3) is 0 Å². The number of nitrogens with one attached hydrogen (secondary N) is 2. The minimum Gasteiger partial charge on any atom is -0.486 e. The van der Waals surface area contributed by atoms with Crippen molar-refractivity contribution >= 4 is 28.8 Å². The van der Waals surface area contributed by atoms with E-state index in [1.165, 1.54) is 17.6 Å². The molecule has 0 radical (unpaired) electrons. The highest BCUT2D eigenvalue weighted by atomic mass is 32.1. The zero-order valence-corrected chi connectivity index (χ0v) is 16.0. The Kier molecular flexibility index (Phi) is 5.24. The van der Waals surface area contributed by atoms with Crippen molar-refractivity contribution in [3.8, 4) is 11.5 Å². The molecule has 0 unspecified atom stereocenters. The lowest BCUT2D eigenvalue weighted by Gasteiger charge is -2.25. The Balaban J connectivity index is 1.42. The lowest BCUT2D eigenvalue weighted by molar-refractivity contribution is -0.136. The Hall–Kier alpha value is -3.30. The molecule has 1 atom stereocenters. The Morgan fingerprint density at radius 1 is 1.07 bits per heavy atom. The van der Waals surface area contributed by atoms with E-state index in [4.69, 9.17) is 13.9 Å². The third-order valence-corrected chi connectivity index (χ3v) is 5.39. The first-order valence-corrected chi connectivity index (χ1v) is 9.73. The average Bonchev–Trinajstić information content (AvgIpc) is 3.46. The van der Waals surface area contributed by atoms with E-state index in [1.807, 2.05) is 0 Å². The van der Waals surface area contributed by atoms with E-state index in [2.05, 4.69) is 10.6 Å². The number of carbonyl (C=O) groups excluding carboxylic acids is 2. The highest BCUT2D eigenvalue weighted by molar-refractivity contribution is 7.10. The zero-order chi connectivity index (χ0) is 20.3. The largest absolute Gasteiger partial charge is 0.486 e. The van der Waals surface area contributed by atoms with E-state index < -0.39 is 17.4 Å². The van der Waals surface area contributed by atoms with E-state index >= 15 is 0 Å². The lowest BCUT2D eigenvalue weighted by Crippen LogP contribution is -2.44. The van der Waals surface area contributed by atoms with Crippen molar-refractivity contribution in [2.45, 2.75) is 5.60 Å². The Labute approximate surface area is 170 Å². The summed E-state index contributed by atoms with van der Waals surface area (Å²) in [6, 6.07) is 11.6. The third-order valence-electron chi connectivity index (χ3n) is 4.37. The maximum Gasteiger partial charge on any atom is 0.313 e. The summed E-state index contributed by atoms with van der Waals surface area (Å²) >= 11 is 1.32. The number of hydrogen-bond acceptors (Lipinski definition) is 7. The van der Waals surface area contributed by atoms with Gasteiger partial charge in [-0.15, -0.1) is 11.3 Å². The van der Waals surface area contributed by atoms with Crippen molar-refractivity contribution in [3.63, 3.8) is 0 Å². The van der Waals surface area contributed by atoms with Crippen LogP contribution < -0.4 is 20.1 Å². The monoisotopic (exact) mass is 414 g/mol. The highest BCUT2D eigenvalue weighted by Crippen LogP contribution is 2.33. The van der Waals surface area contributed by atoms with Gasteiger partial charge in [0.1, 0.15) is 19.0 Å². The number of anilines is 1. The predicted octanol–water partition coefficient (Wildman–Crippen LogP) is 2.10. The van der Waals surface area contributed by atoms with Crippen LogP contribution in [0.4, 0.5) is 5.69 Å². The molecule has 1 aliphatic rings. The van der Waals surface area contributed by atoms with Crippen LogP contribution in [-0.4, -0.2) is 36.7 Å². The maximum atomic E-state index is 12.3. The smallest absolute Gasteiger partial charge is 0.313 e. The molecule has 29 heavy (non-hydrogen) atoms. The van der Waals surface area contributed by atoms with Crippen LogP contribution in [0.3, 0.4) is 0 Å². The van der Waals surface area contributed by atoms with Crippen LogP contribution in [0.25, 0.3) is 0 Å². The number of thiophene rings is 1. The van der Waals surface area contributed by atoms with Crippen LogP contribution in [0.5, 0.6) is 11.5 Å². The molecule has 3 N–H and O–H groups in total. The Morgan fingerprint density at radius 3 is 2.62 bits per heavy atom. The van der Waals surface area contributed by atoms with Crippen molar-refractivity contribution in [2.75, 3.05) is 25.1 Å². The minimum atomic E-state index is -1.58. The molecule has 0 saturated heterocycles. The second-order valence-electron chi connectivity index (χ2n) is 6.31. The van der Waals surface area contributed by atoms with Gasteiger partial charge in [-0.25, -0.2) is 0 Å². The van der Waals surface area contributed by atoms with Crippen LogP contribution in [0.2, 0.25) is 0 Å². The summed E-state index contributed by atoms with van der Waals surface area (Å²) in [5.41, 5.74) is -1.18. The molecule has 0 spiro atoms. The molecule has 8 nitrogen and oxygen atoms in total. The van der Waals surface area contributed by atoms with Crippen molar-refractivity contribution in [2.24, 2.45) is 0 Å². The zero-order valence-electron chi connectivity index (χ0n) is 15.2. The first-order valence-electron chi connectivity index (χ1n) is 8.85. The molecular weight excluding hydrogens is 396 g/mol. The van der Waals surface area contributed by atoms with Crippen LogP contribution in [0, 0.1) is 0 Å². The molecule has 2 amide bonds. The summed E-state index contributed by atoms with van der Waals surface area (Å²) in [5.74, 6) is -0.402. The quantitative estimate of drug-likeness (QED) is 0.552. The van der Waals surface area contributed by atoms with Gasteiger partial charge in [0, 0.05) is 16.6 Å². The molecule has 3 heterocycles. The molecule has 1 aliphatic heterocycles. The summed E-state index contributed by atoms with van der Waals surface area (Å²) < 4.78 is 16.2. The normalized spacial score (nSPS) is 14.7. The van der Waals surface area contributed by atoms with E-state index in [0.717, 1.165) is 0 Å². The molecule has 150 valence electrons. The van der Waals surface area contributed by atoms with Crippen LogP contribution in [-0.2, 0) is 15.2 Å². The average molecular weight is 414 g/mol. The molecule has 9 heteroatoms. The summed E-state index contributed by atoms with van der Waals surface area (Å²) in [5, 5.41) is 17.9. The number of ether oxygens (including phenoxy) is 2. The second kappa shape index (κ2) is 7.98. The highest BCUT2D eigenvalue weighted by Gasteiger charge is 2.36. The molecule has 2 aromatic heterocycles. The first-order chi connectivity index (χ1) is 14.1. The predicted molar refractivity (Wildman–Crippen MR) is 105 cm³/mol. The summed E-state index contributed by atoms with van der Waals surface area (Å²) in [4.78, 5) is 25.2. The van der Waals surface area contributed by atoms with Gasteiger partial charge < -0.3 is 29.6 Å². The van der Waals surface area contributed by atoms with Crippen LogP contribution in [0.1, 0.15) is 10.6 Å². The van der Waals surface area contributed by atoms with Gasteiger partial charge in [-0.1, -0.05) is 6.07 Å². The van der Waals surface area contributed by atoms with Crippen molar-refractivity contribution in [1.82, 2.24) is 5.32 Å². The number of furan rings is 1. The molecule has 0 saturated carbocycles. The number of carbonyl (C=O) groups is 2. The first kappa shape index (κ1) is 19.0. The van der Waals surface area contributed by atoms with Gasteiger partial charge in [-0.3, -0.25) is 9.59 Å². The van der Waals surface area contributed by atoms with Gasteiger partial charge >= 0.3 is 11.8 Å². The molecule has 0 fully saturated rings. The van der Waals surface area contributed by atoms with Crippen molar-refractivity contribution in [3.05, 3.63) is 64.7 Å². The Morgan fingerprint density at radius 2 is 1.90 bits per heavy atom. The fourth-order valence-corrected chi connectivity index (χ4v) is 3.75. The van der Waals surface area contributed by atoms with Crippen molar-refractivity contribution < 1.29 is 28.6 Å². The topological polar surface area (TPSA) is 110 Å². The number of benzene rings is 1. The Bertz CT molecular complexity index is 966. The number of hydrogen-bond donors (Lipinski definition) is 3.